The molecular formula is C16H13FO3S. The molecule has 3 rings (SSSR count). The van der Waals surface area contributed by atoms with E-state index < -0.39 is 15.7 Å². The molecule has 3 aromatic rings. The smallest absolute Gasteiger partial charge is 0.210 e. The highest BCUT2D eigenvalue weighted by atomic mass is 32.2. The van der Waals surface area contributed by atoms with Gasteiger partial charge in [-0.3, -0.25) is 0 Å². The Labute approximate surface area is 121 Å². The minimum Gasteiger partial charge on any atom is -0.460 e. The Hall–Kier alpha value is -2.14. The van der Waals surface area contributed by atoms with Gasteiger partial charge in [0.1, 0.15) is 22.1 Å². The minimum atomic E-state index is -3.75. The summed E-state index contributed by atoms with van der Waals surface area (Å²) in [7, 11) is -3.75. The highest BCUT2D eigenvalue weighted by Crippen LogP contribution is 2.34. The first kappa shape index (κ1) is 13.8. The maximum atomic E-state index is 13.4. The van der Waals surface area contributed by atoms with E-state index in [1.54, 1.807) is 19.1 Å². The number of sulfone groups is 1. The second-order valence-corrected chi connectivity index (χ2v) is 6.83. The molecule has 0 aliphatic carbocycles. The zero-order valence-electron chi connectivity index (χ0n) is 11.6. The Bertz CT molecular complexity index is 939. The topological polar surface area (TPSA) is 47.3 Å². The van der Waals surface area contributed by atoms with Crippen molar-refractivity contribution in [3.8, 4) is 0 Å². The van der Waals surface area contributed by atoms with E-state index in [9.17, 15) is 12.8 Å². The molecular weight excluding hydrogens is 291 g/mol. The van der Waals surface area contributed by atoms with Crippen LogP contribution in [0.3, 0.4) is 0 Å². The van der Waals surface area contributed by atoms with E-state index in [2.05, 4.69) is 0 Å². The van der Waals surface area contributed by atoms with Gasteiger partial charge in [-0.2, -0.15) is 0 Å². The van der Waals surface area contributed by atoms with Gasteiger partial charge in [0.15, 0.2) is 0 Å². The van der Waals surface area contributed by atoms with Crippen LogP contribution in [0.1, 0.15) is 11.3 Å². The highest BCUT2D eigenvalue weighted by molar-refractivity contribution is 7.91. The number of aryl methyl sites for hydroxylation is 2. The Morgan fingerprint density at radius 3 is 2.52 bits per heavy atom. The standard InChI is InChI=1S/C16H13FO3S/c1-10-4-3-5-13(8-10)21(18,19)16-11(2)20-15-7-6-12(17)9-14(15)16/h3-9H,1-2H3. The van der Waals surface area contributed by atoms with E-state index in [-0.39, 0.29) is 20.9 Å². The van der Waals surface area contributed by atoms with E-state index >= 15 is 0 Å². The van der Waals surface area contributed by atoms with Crippen LogP contribution in [0.15, 0.2) is 56.7 Å². The maximum Gasteiger partial charge on any atom is 0.210 e. The van der Waals surface area contributed by atoms with Crippen molar-refractivity contribution in [3.05, 3.63) is 59.6 Å². The fourth-order valence-corrected chi connectivity index (χ4v) is 4.11. The molecule has 0 fully saturated rings. The van der Waals surface area contributed by atoms with Crippen LogP contribution in [-0.4, -0.2) is 8.42 Å². The van der Waals surface area contributed by atoms with Gasteiger partial charge >= 0.3 is 0 Å². The van der Waals surface area contributed by atoms with E-state index in [1.165, 1.54) is 24.3 Å². The molecule has 0 radical (unpaired) electrons. The van der Waals surface area contributed by atoms with Crippen LogP contribution >= 0.6 is 0 Å². The van der Waals surface area contributed by atoms with Crippen LogP contribution in [0.4, 0.5) is 4.39 Å². The van der Waals surface area contributed by atoms with Crippen LogP contribution in [0, 0.1) is 19.7 Å². The lowest BCUT2D eigenvalue weighted by molar-refractivity contribution is 0.557. The molecule has 0 N–H and O–H groups in total. The third-order valence-electron chi connectivity index (χ3n) is 3.34. The second kappa shape index (κ2) is 4.70. The van der Waals surface area contributed by atoms with Gasteiger partial charge in [-0.05, 0) is 49.7 Å². The zero-order valence-corrected chi connectivity index (χ0v) is 12.4. The highest BCUT2D eigenvalue weighted by Gasteiger charge is 2.26. The number of benzene rings is 2. The quantitative estimate of drug-likeness (QED) is 0.718. The number of rotatable bonds is 2. The normalized spacial score (nSPS) is 12.0. The van der Waals surface area contributed by atoms with E-state index in [0.29, 0.717) is 5.58 Å². The SMILES string of the molecule is Cc1cccc(S(=O)(=O)c2c(C)oc3ccc(F)cc23)c1. The predicted molar refractivity (Wildman–Crippen MR) is 77.5 cm³/mol. The zero-order chi connectivity index (χ0) is 15.2. The summed E-state index contributed by atoms with van der Waals surface area (Å²) in [4.78, 5) is 0.208. The Morgan fingerprint density at radius 1 is 1.05 bits per heavy atom. The molecule has 0 aliphatic rings. The molecule has 0 spiro atoms. The van der Waals surface area contributed by atoms with Crippen molar-refractivity contribution in [1.29, 1.82) is 0 Å². The molecule has 0 saturated carbocycles. The summed E-state index contributed by atoms with van der Waals surface area (Å²) in [6, 6.07) is 10.5. The number of furan rings is 1. The molecule has 1 heterocycles. The number of hydrogen-bond donors (Lipinski definition) is 0. The van der Waals surface area contributed by atoms with Gasteiger partial charge in [0.05, 0.1) is 4.90 Å². The first-order valence-corrected chi connectivity index (χ1v) is 7.88. The summed E-state index contributed by atoms with van der Waals surface area (Å²) in [6.07, 6.45) is 0. The van der Waals surface area contributed by atoms with Gasteiger partial charge in [-0.15, -0.1) is 0 Å². The van der Waals surface area contributed by atoms with Crippen LogP contribution < -0.4 is 0 Å². The van der Waals surface area contributed by atoms with Gasteiger partial charge in [0, 0.05) is 5.39 Å². The average molecular weight is 304 g/mol. The van der Waals surface area contributed by atoms with Crippen molar-refractivity contribution in [3.63, 3.8) is 0 Å². The molecule has 21 heavy (non-hydrogen) atoms. The molecule has 1 aromatic heterocycles. The summed E-state index contributed by atoms with van der Waals surface area (Å²) < 4.78 is 44.5. The molecule has 0 amide bonds. The molecule has 0 unspecified atom stereocenters. The van der Waals surface area contributed by atoms with Crippen molar-refractivity contribution >= 4 is 20.8 Å². The fourth-order valence-electron chi connectivity index (χ4n) is 2.40. The van der Waals surface area contributed by atoms with Crippen molar-refractivity contribution < 1.29 is 17.2 Å². The first-order valence-electron chi connectivity index (χ1n) is 6.40. The van der Waals surface area contributed by atoms with Crippen molar-refractivity contribution in [2.75, 3.05) is 0 Å². The number of hydrogen-bond acceptors (Lipinski definition) is 3. The van der Waals surface area contributed by atoms with Crippen LogP contribution in [0.5, 0.6) is 0 Å². The Kier molecular flexibility index (Phi) is 3.10. The molecule has 5 heteroatoms. The van der Waals surface area contributed by atoms with Gasteiger partial charge in [-0.1, -0.05) is 12.1 Å². The predicted octanol–water partition coefficient (Wildman–Crippen LogP) is 4.02. The van der Waals surface area contributed by atoms with Gasteiger partial charge in [-0.25, -0.2) is 12.8 Å². The van der Waals surface area contributed by atoms with Gasteiger partial charge in [0.25, 0.3) is 0 Å². The molecule has 0 aliphatic heterocycles. The molecule has 0 bridgehead atoms. The Balaban J connectivity index is 2.33. The molecule has 2 aromatic carbocycles. The van der Waals surface area contributed by atoms with E-state index in [0.717, 1.165) is 5.56 Å². The molecule has 0 saturated heterocycles. The van der Waals surface area contributed by atoms with Gasteiger partial charge in [0.2, 0.25) is 9.84 Å². The monoisotopic (exact) mass is 304 g/mol. The van der Waals surface area contributed by atoms with Gasteiger partial charge < -0.3 is 4.42 Å². The number of halogens is 1. The van der Waals surface area contributed by atoms with E-state index in [4.69, 9.17) is 4.42 Å². The van der Waals surface area contributed by atoms with Crippen LogP contribution in [-0.2, 0) is 9.84 Å². The first-order chi connectivity index (χ1) is 9.89. The fraction of sp³-hybridized carbons (Fsp3) is 0.125. The lowest BCUT2D eigenvalue weighted by Crippen LogP contribution is -2.03. The molecule has 0 atom stereocenters. The molecule has 108 valence electrons. The maximum absolute atomic E-state index is 13.4. The van der Waals surface area contributed by atoms with Crippen molar-refractivity contribution in [2.24, 2.45) is 0 Å². The third kappa shape index (κ3) is 2.23. The second-order valence-electron chi connectivity index (χ2n) is 4.95. The lowest BCUT2D eigenvalue weighted by Gasteiger charge is -2.05. The summed E-state index contributed by atoms with van der Waals surface area (Å²) in [5.41, 5.74) is 1.20. The summed E-state index contributed by atoms with van der Waals surface area (Å²) in [5.74, 6) is -0.235. The Morgan fingerprint density at radius 2 is 1.81 bits per heavy atom. The lowest BCUT2D eigenvalue weighted by atomic mass is 10.2. The number of fused-ring (bicyclic) bond motifs is 1. The van der Waals surface area contributed by atoms with Crippen LogP contribution in [0.2, 0.25) is 0 Å². The summed E-state index contributed by atoms with van der Waals surface area (Å²) in [5, 5.41) is 0.272. The summed E-state index contributed by atoms with van der Waals surface area (Å²) >= 11 is 0. The third-order valence-corrected chi connectivity index (χ3v) is 5.26. The largest absolute Gasteiger partial charge is 0.460 e. The average Bonchev–Trinajstić information content (AvgIpc) is 2.74. The molecule has 3 nitrogen and oxygen atoms in total. The minimum absolute atomic E-state index is 0.0302. The van der Waals surface area contributed by atoms with Crippen LogP contribution in [0.25, 0.3) is 11.0 Å². The van der Waals surface area contributed by atoms with Crippen molar-refractivity contribution in [2.45, 2.75) is 23.6 Å². The van der Waals surface area contributed by atoms with E-state index in [1.807, 2.05) is 13.0 Å². The summed E-state index contributed by atoms with van der Waals surface area (Å²) in [6.45, 7) is 3.39. The van der Waals surface area contributed by atoms with Crippen molar-refractivity contribution in [1.82, 2.24) is 0 Å².